The van der Waals surface area contributed by atoms with Gasteiger partial charge in [0.2, 0.25) is 5.91 Å². The zero-order valence-electron chi connectivity index (χ0n) is 14.1. The number of amides is 1. The smallest absolute Gasteiger partial charge is 0.233 e. The molecule has 2 aromatic rings. The first-order chi connectivity index (χ1) is 11.5. The number of benzene rings is 2. The minimum Gasteiger partial charge on any atom is -0.492 e. The fourth-order valence-electron chi connectivity index (χ4n) is 2.06. The molecule has 0 spiro atoms. The number of hydrogen-bond acceptors (Lipinski definition) is 3. The van der Waals surface area contributed by atoms with E-state index in [1.54, 1.807) is 0 Å². The maximum Gasteiger partial charge on any atom is 0.233 e. The topological polar surface area (TPSA) is 38.3 Å². The van der Waals surface area contributed by atoms with Gasteiger partial charge in [0.05, 0.1) is 11.8 Å². The van der Waals surface area contributed by atoms with Crippen LogP contribution in [0, 0.1) is 13.8 Å². The predicted molar refractivity (Wildman–Crippen MR) is 101 cm³/mol. The SMILES string of the molecule is Cc1ccc(OCCNC(=O)[C@@H](C)Sc2ccc(Cl)cc2)cc1C. The van der Waals surface area contributed by atoms with E-state index in [0.717, 1.165) is 10.6 Å². The maximum absolute atomic E-state index is 12.1. The molecule has 0 radical (unpaired) electrons. The van der Waals surface area contributed by atoms with Crippen LogP contribution in [0.25, 0.3) is 0 Å². The molecule has 5 heteroatoms. The van der Waals surface area contributed by atoms with E-state index >= 15 is 0 Å². The highest BCUT2D eigenvalue weighted by molar-refractivity contribution is 8.00. The van der Waals surface area contributed by atoms with Crippen LogP contribution in [0.15, 0.2) is 47.4 Å². The van der Waals surface area contributed by atoms with Crippen LogP contribution in [0.4, 0.5) is 0 Å². The molecule has 0 aliphatic carbocycles. The maximum atomic E-state index is 12.1. The standard InChI is InChI=1S/C19H22ClNO2S/c1-13-4-7-17(12-14(13)2)23-11-10-21-19(22)15(3)24-18-8-5-16(20)6-9-18/h4-9,12,15H,10-11H2,1-3H3,(H,21,22)/t15-/m1/s1. The number of halogens is 1. The van der Waals surface area contributed by atoms with Crippen molar-refractivity contribution in [2.24, 2.45) is 0 Å². The Hall–Kier alpha value is -1.65. The molecule has 1 amide bonds. The number of rotatable bonds is 7. The van der Waals surface area contributed by atoms with E-state index in [4.69, 9.17) is 16.3 Å². The summed E-state index contributed by atoms with van der Waals surface area (Å²) in [6.45, 7) is 6.95. The van der Waals surface area contributed by atoms with Gasteiger partial charge in [-0.2, -0.15) is 0 Å². The first-order valence-electron chi connectivity index (χ1n) is 7.85. The van der Waals surface area contributed by atoms with Gasteiger partial charge in [-0.15, -0.1) is 11.8 Å². The molecule has 0 aliphatic rings. The molecule has 0 aromatic heterocycles. The number of nitrogens with one attached hydrogen (secondary N) is 1. The highest BCUT2D eigenvalue weighted by atomic mass is 35.5. The van der Waals surface area contributed by atoms with E-state index in [-0.39, 0.29) is 11.2 Å². The van der Waals surface area contributed by atoms with E-state index < -0.39 is 0 Å². The van der Waals surface area contributed by atoms with Gasteiger partial charge >= 0.3 is 0 Å². The minimum absolute atomic E-state index is 0.00126. The summed E-state index contributed by atoms with van der Waals surface area (Å²) < 4.78 is 5.67. The summed E-state index contributed by atoms with van der Waals surface area (Å²) in [6, 6.07) is 13.5. The van der Waals surface area contributed by atoms with Crippen LogP contribution in [0.1, 0.15) is 18.1 Å². The monoisotopic (exact) mass is 363 g/mol. The molecular formula is C19H22ClNO2S. The average molecular weight is 364 g/mol. The lowest BCUT2D eigenvalue weighted by atomic mass is 10.1. The number of carbonyl (C=O) groups is 1. The van der Waals surface area contributed by atoms with Gasteiger partial charge in [-0.25, -0.2) is 0 Å². The Bertz CT molecular complexity index is 688. The van der Waals surface area contributed by atoms with Gasteiger partial charge in [0.15, 0.2) is 0 Å². The fraction of sp³-hybridized carbons (Fsp3) is 0.316. The highest BCUT2D eigenvalue weighted by Gasteiger charge is 2.13. The first-order valence-corrected chi connectivity index (χ1v) is 9.11. The third-order valence-corrected chi connectivity index (χ3v) is 5.01. The van der Waals surface area contributed by atoms with Gasteiger partial charge in [-0.1, -0.05) is 17.7 Å². The van der Waals surface area contributed by atoms with Gasteiger partial charge in [0, 0.05) is 9.92 Å². The zero-order valence-corrected chi connectivity index (χ0v) is 15.7. The van der Waals surface area contributed by atoms with E-state index in [0.29, 0.717) is 18.2 Å². The Morgan fingerprint density at radius 3 is 2.54 bits per heavy atom. The minimum atomic E-state index is -0.173. The highest BCUT2D eigenvalue weighted by Crippen LogP contribution is 2.24. The Kier molecular flexibility index (Phi) is 7.00. The molecule has 0 saturated carbocycles. The Morgan fingerprint density at radius 1 is 1.17 bits per heavy atom. The summed E-state index contributed by atoms with van der Waals surface area (Å²) in [5.74, 6) is 0.828. The molecule has 2 aromatic carbocycles. The Labute approximate surface area is 152 Å². The molecule has 0 aliphatic heterocycles. The molecule has 2 rings (SSSR count). The summed E-state index contributed by atoms with van der Waals surface area (Å²) in [7, 11) is 0. The first kappa shape index (κ1) is 18.7. The summed E-state index contributed by atoms with van der Waals surface area (Å²) in [5.41, 5.74) is 2.44. The summed E-state index contributed by atoms with van der Waals surface area (Å²) in [4.78, 5) is 13.1. The van der Waals surface area contributed by atoms with Crippen LogP contribution < -0.4 is 10.1 Å². The van der Waals surface area contributed by atoms with Crippen molar-refractivity contribution in [1.29, 1.82) is 0 Å². The lowest BCUT2D eigenvalue weighted by Crippen LogP contribution is -2.33. The van der Waals surface area contributed by atoms with Gasteiger partial charge < -0.3 is 10.1 Å². The van der Waals surface area contributed by atoms with Gasteiger partial charge in [0.25, 0.3) is 0 Å². The van der Waals surface area contributed by atoms with Crippen LogP contribution in [-0.4, -0.2) is 24.3 Å². The largest absolute Gasteiger partial charge is 0.492 e. The van der Waals surface area contributed by atoms with Crippen molar-refractivity contribution in [2.45, 2.75) is 30.9 Å². The van der Waals surface area contributed by atoms with E-state index in [9.17, 15) is 4.79 Å². The van der Waals surface area contributed by atoms with Crippen LogP contribution in [0.2, 0.25) is 5.02 Å². The summed E-state index contributed by atoms with van der Waals surface area (Å²) in [5, 5.41) is 3.42. The molecule has 0 saturated heterocycles. The molecule has 0 heterocycles. The van der Waals surface area contributed by atoms with E-state index in [1.165, 1.54) is 22.9 Å². The number of aryl methyl sites for hydroxylation is 2. The molecule has 128 valence electrons. The average Bonchev–Trinajstić information content (AvgIpc) is 2.56. The number of ether oxygens (including phenoxy) is 1. The zero-order chi connectivity index (χ0) is 17.5. The molecule has 0 bridgehead atoms. The lowest BCUT2D eigenvalue weighted by molar-refractivity contribution is -0.120. The summed E-state index contributed by atoms with van der Waals surface area (Å²) in [6.07, 6.45) is 0. The second kappa shape index (κ2) is 9.00. The Morgan fingerprint density at radius 2 is 1.88 bits per heavy atom. The third-order valence-electron chi connectivity index (χ3n) is 3.64. The molecule has 1 N–H and O–H groups in total. The van der Waals surface area contributed by atoms with Gasteiger partial charge in [0.1, 0.15) is 12.4 Å². The lowest BCUT2D eigenvalue weighted by Gasteiger charge is -2.13. The molecule has 24 heavy (non-hydrogen) atoms. The Balaban J connectivity index is 1.72. The van der Waals surface area contributed by atoms with E-state index in [1.807, 2.05) is 49.4 Å². The van der Waals surface area contributed by atoms with Crippen molar-refractivity contribution < 1.29 is 9.53 Å². The molecule has 0 unspecified atom stereocenters. The second-order valence-electron chi connectivity index (χ2n) is 5.60. The second-order valence-corrected chi connectivity index (χ2v) is 7.45. The van der Waals surface area contributed by atoms with E-state index in [2.05, 4.69) is 19.2 Å². The van der Waals surface area contributed by atoms with Crippen molar-refractivity contribution in [3.8, 4) is 5.75 Å². The summed E-state index contributed by atoms with van der Waals surface area (Å²) >= 11 is 7.37. The van der Waals surface area contributed by atoms with Crippen LogP contribution in [-0.2, 0) is 4.79 Å². The molecule has 3 nitrogen and oxygen atoms in total. The normalized spacial score (nSPS) is 11.8. The van der Waals surface area contributed by atoms with Crippen molar-refractivity contribution in [2.75, 3.05) is 13.2 Å². The number of thioether (sulfide) groups is 1. The predicted octanol–water partition coefficient (Wildman–Crippen LogP) is 4.63. The fourth-order valence-corrected chi connectivity index (χ4v) is 3.08. The van der Waals surface area contributed by atoms with Crippen molar-refractivity contribution >= 4 is 29.3 Å². The van der Waals surface area contributed by atoms with Crippen LogP contribution >= 0.6 is 23.4 Å². The van der Waals surface area contributed by atoms with Crippen molar-refractivity contribution in [3.63, 3.8) is 0 Å². The molecular weight excluding hydrogens is 342 g/mol. The van der Waals surface area contributed by atoms with Gasteiger partial charge in [-0.05, 0) is 68.3 Å². The number of hydrogen-bond donors (Lipinski definition) is 1. The third kappa shape index (κ3) is 5.77. The van der Waals surface area contributed by atoms with Crippen LogP contribution in [0.5, 0.6) is 5.75 Å². The van der Waals surface area contributed by atoms with Crippen molar-refractivity contribution in [3.05, 3.63) is 58.6 Å². The quantitative estimate of drug-likeness (QED) is 0.575. The molecule has 1 atom stereocenters. The van der Waals surface area contributed by atoms with Gasteiger partial charge in [-0.3, -0.25) is 4.79 Å². The van der Waals surface area contributed by atoms with Crippen LogP contribution in [0.3, 0.4) is 0 Å². The number of carbonyl (C=O) groups excluding carboxylic acids is 1. The van der Waals surface area contributed by atoms with Crippen molar-refractivity contribution in [1.82, 2.24) is 5.32 Å². The molecule has 0 fully saturated rings.